The van der Waals surface area contributed by atoms with Gasteiger partial charge in [0.05, 0.1) is 17.6 Å². The third-order valence-corrected chi connectivity index (χ3v) is 7.91. The van der Waals surface area contributed by atoms with Gasteiger partial charge in [0.15, 0.2) is 0 Å². The number of sulfonamides is 1. The van der Waals surface area contributed by atoms with E-state index in [9.17, 15) is 8.42 Å². The highest BCUT2D eigenvalue weighted by atomic mass is 35.5. The Hall–Kier alpha value is -1.40. The first kappa shape index (κ1) is 19.9. The molecule has 1 saturated heterocycles. The number of rotatable bonds is 6. The lowest BCUT2D eigenvalue weighted by Gasteiger charge is -2.37. The van der Waals surface area contributed by atoms with E-state index in [0.717, 1.165) is 5.56 Å². The molecule has 150 valence electrons. The number of halogens is 1. The summed E-state index contributed by atoms with van der Waals surface area (Å²) < 4.78 is 32.9. The number of hydrogen-bond acceptors (Lipinski definition) is 3. The maximum absolute atomic E-state index is 12.8. The Labute approximate surface area is 172 Å². The van der Waals surface area contributed by atoms with Crippen molar-refractivity contribution in [3.63, 3.8) is 0 Å². The number of nitrogens with zero attached hydrogens (tertiary/aromatic N) is 1. The van der Waals surface area contributed by atoms with E-state index in [1.54, 1.807) is 12.1 Å². The number of hydrogen-bond donors (Lipinski definition) is 0. The van der Waals surface area contributed by atoms with E-state index in [1.165, 1.54) is 42.0 Å². The standard InChI is InChI=1S/C22H26ClNO3S/c23-20-10-6-17(7-11-20)16-27-21-14-24(15-21)28(25,26)22-12-8-19(9-13-22)18-4-2-1-3-5-18/h6-13,18,21H,1-5,14-16H2. The Morgan fingerprint density at radius 3 is 2.21 bits per heavy atom. The second-order valence-corrected chi connectivity index (χ2v) is 10.2. The maximum atomic E-state index is 12.8. The molecule has 1 aliphatic carbocycles. The van der Waals surface area contributed by atoms with Gasteiger partial charge < -0.3 is 4.74 Å². The van der Waals surface area contributed by atoms with Crippen molar-refractivity contribution in [2.45, 2.75) is 55.6 Å². The van der Waals surface area contributed by atoms with Crippen LogP contribution < -0.4 is 0 Å². The lowest BCUT2D eigenvalue weighted by molar-refractivity contribution is -0.0295. The molecule has 4 nitrogen and oxygen atoms in total. The summed E-state index contributed by atoms with van der Waals surface area (Å²) >= 11 is 5.88. The molecule has 1 heterocycles. The largest absolute Gasteiger partial charge is 0.371 e. The first-order valence-electron chi connectivity index (χ1n) is 9.98. The summed E-state index contributed by atoms with van der Waals surface area (Å²) in [6.07, 6.45) is 6.23. The predicted octanol–water partition coefficient (Wildman–Crippen LogP) is 4.98. The zero-order valence-electron chi connectivity index (χ0n) is 15.9. The molecule has 0 spiro atoms. The Morgan fingerprint density at radius 2 is 1.57 bits per heavy atom. The van der Waals surface area contributed by atoms with Gasteiger partial charge in [0.1, 0.15) is 0 Å². The van der Waals surface area contributed by atoms with Crippen molar-refractivity contribution in [2.75, 3.05) is 13.1 Å². The van der Waals surface area contributed by atoms with Gasteiger partial charge in [-0.2, -0.15) is 4.31 Å². The summed E-state index contributed by atoms with van der Waals surface area (Å²) in [5.41, 5.74) is 2.30. The third kappa shape index (κ3) is 4.43. The highest BCUT2D eigenvalue weighted by Gasteiger charge is 2.37. The lowest BCUT2D eigenvalue weighted by Crippen LogP contribution is -2.54. The Balaban J connectivity index is 1.31. The summed E-state index contributed by atoms with van der Waals surface area (Å²) in [7, 11) is -3.44. The van der Waals surface area contributed by atoms with Gasteiger partial charge in [-0.05, 0) is 54.2 Å². The topological polar surface area (TPSA) is 46.6 Å². The summed E-state index contributed by atoms with van der Waals surface area (Å²) in [4.78, 5) is 0.378. The van der Waals surface area contributed by atoms with Crippen LogP contribution in [0, 0.1) is 0 Å². The fourth-order valence-electron chi connectivity index (χ4n) is 3.99. The molecule has 0 radical (unpaired) electrons. The summed E-state index contributed by atoms with van der Waals surface area (Å²) in [6.45, 7) is 1.27. The maximum Gasteiger partial charge on any atom is 0.243 e. The quantitative estimate of drug-likeness (QED) is 0.663. The van der Waals surface area contributed by atoms with Crippen LogP contribution in [0.1, 0.15) is 49.1 Å². The molecule has 0 unspecified atom stereocenters. The van der Waals surface area contributed by atoms with Crippen molar-refractivity contribution >= 4 is 21.6 Å². The molecule has 2 aromatic rings. The van der Waals surface area contributed by atoms with Crippen LogP contribution in [-0.4, -0.2) is 31.9 Å². The van der Waals surface area contributed by atoms with Crippen molar-refractivity contribution in [3.05, 3.63) is 64.7 Å². The summed E-state index contributed by atoms with van der Waals surface area (Å²) in [5, 5.41) is 0.694. The highest BCUT2D eigenvalue weighted by molar-refractivity contribution is 7.89. The van der Waals surface area contributed by atoms with E-state index in [4.69, 9.17) is 16.3 Å². The molecule has 0 N–H and O–H groups in total. The molecule has 4 rings (SSSR count). The Kier molecular flexibility index (Phi) is 6.07. The third-order valence-electron chi connectivity index (χ3n) is 5.81. The van der Waals surface area contributed by atoms with Gasteiger partial charge in [0.2, 0.25) is 10.0 Å². The molecule has 0 aromatic heterocycles. The van der Waals surface area contributed by atoms with E-state index >= 15 is 0 Å². The Morgan fingerprint density at radius 1 is 0.929 bits per heavy atom. The zero-order chi connectivity index (χ0) is 19.6. The molecule has 0 bridgehead atoms. The van der Waals surface area contributed by atoms with Gasteiger partial charge >= 0.3 is 0 Å². The minimum atomic E-state index is -3.44. The van der Waals surface area contributed by atoms with E-state index in [0.29, 0.717) is 35.5 Å². The SMILES string of the molecule is O=S(=O)(c1ccc(C2CCCCC2)cc1)N1CC(OCc2ccc(Cl)cc2)C1. The molecule has 0 atom stereocenters. The Bertz CT molecular complexity index is 884. The van der Waals surface area contributed by atoms with Crippen molar-refractivity contribution in [1.29, 1.82) is 0 Å². The molecule has 6 heteroatoms. The summed E-state index contributed by atoms with van der Waals surface area (Å²) in [5.74, 6) is 0.583. The average Bonchev–Trinajstić information content (AvgIpc) is 2.69. The first-order valence-corrected chi connectivity index (χ1v) is 11.8. The van der Waals surface area contributed by atoms with Gasteiger partial charge in [0.25, 0.3) is 0 Å². The normalized spacial score (nSPS) is 19.5. The minimum Gasteiger partial charge on any atom is -0.371 e. The minimum absolute atomic E-state index is 0.0630. The van der Waals surface area contributed by atoms with Crippen molar-refractivity contribution in [1.82, 2.24) is 4.31 Å². The van der Waals surface area contributed by atoms with Crippen LogP contribution in [0.2, 0.25) is 5.02 Å². The second-order valence-electron chi connectivity index (χ2n) is 7.79. The van der Waals surface area contributed by atoms with E-state index in [2.05, 4.69) is 0 Å². The fourth-order valence-corrected chi connectivity index (χ4v) is 5.62. The molecule has 2 aromatic carbocycles. The first-order chi connectivity index (χ1) is 13.5. The van der Waals surface area contributed by atoms with Crippen LogP contribution in [0.4, 0.5) is 0 Å². The molecule has 2 aliphatic rings. The van der Waals surface area contributed by atoms with Gasteiger partial charge in [-0.3, -0.25) is 0 Å². The lowest BCUT2D eigenvalue weighted by atomic mass is 9.84. The van der Waals surface area contributed by atoms with Gasteiger partial charge in [-0.25, -0.2) is 8.42 Å². The monoisotopic (exact) mass is 419 g/mol. The van der Waals surface area contributed by atoms with E-state index in [-0.39, 0.29) is 6.10 Å². The van der Waals surface area contributed by atoms with Crippen LogP contribution in [0.25, 0.3) is 0 Å². The van der Waals surface area contributed by atoms with Gasteiger partial charge in [0, 0.05) is 18.1 Å². The summed E-state index contributed by atoms with van der Waals surface area (Å²) in [6, 6.07) is 15.0. The van der Waals surface area contributed by atoms with Crippen LogP contribution in [0.3, 0.4) is 0 Å². The van der Waals surface area contributed by atoms with Crippen molar-refractivity contribution in [2.24, 2.45) is 0 Å². The van der Waals surface area contributed by atoms with Crippen LogP contribution in [0.15, 0.2) is 53.4 Å². The van der Waals surface area contributed by atoms with Crippen molar-refractivity contribution in [3.8, 4) is 0 Å². The highest BCUT2D eigenvalue weighted by Crippen LogP contribution is 2.33. The average molecular weight is 420 g/mol. The van der Waals surface area contributed by atoms with Crippen LogP contribution in [0.5, 0.6) is 0 Å². The van der Waals surface area contributed by atoms with E-state index < -0.39 is 10.0 Å². The number of benzene rings is 2. The van der Waals surface area contributed by atoms with Gasteiger partial charge in [-0.15, -0.1) is 0 Å². The van der Waals surface area contributed by atoms with Crippen LogP contribution >= 0.6 is 11.6 Å². The fraction of sp³-hybridized carbons (Fsp3) is 0.455. The second kappa shape index (κ2) is 8.54. The zero-order valence-corrected chi connectivity index (χ0v) is 17.5. The molecule has 2 fully saturated rings. The molecule has 28 heavy (non-hydrogen) atoms. The molecule has 1 aliphatic heterocycles. The van der Waals surface area contributed by atoms with E-state index in [1.807, 2.05) is 36.4 Å². The number of ether oxygens (including phenoxy) is 1. The smallest absolute Gasteiger partial charge is 0.243 e. The van der Waals surface area contributed by atoms with Crippen molar-refractivity contribution < 1.29 is 13.2 Å². The predicted molar refractivity (Wildman–Crippen MR) is 111 cm³/mol. The molecular weight excluding hydrogens is 394 g/mol. The van der Waals surface area contributed by atoms with Crippen LogP contribution in [-0.2, 0) is 21.4 Å². The molecule has 0 amide bonds. The molecule has 1 saturated carbocycles. The van der Waals surface area contributed by atoms with Gasteiger partial charge in [-0.1, -0.05) is 55.1 Å². The molecular formula is C22H26ClNO3S.